The van der Waals surface area contributed by atoms with Gasteiger partial charge in [0.25, 0.3) is 0 Å². The van der Waals surface area contributed by atoms with Gasteiger partial charge in [-0.3, -0.25) is 4.57 Å². The highest BCUT2D eigenvalue weighted by Crippen LogP contribution is 2.29. The molecule has 34 heavy (non-hydrogen) atoms. The fraction of sp³-hybridized carbons (Fsp3) is 0.154. The van der Waals surface area contributed by atoms with Crippen LogP contribution in [0.4, 0.5) is 18.0 Å². The standard InChI is InChI=1S/C26H22F3N3OS/c1-19-16-32(23-14-12-22(13-15-23)26(27,28)29)25(34-19)30-24(33)31(17-20-8-4-2-5-9-20)18-21-10-6-3-7-11-21/h2-16H,17-18H2,1H3. The number of hydrogen-bond acceptors (Lipinski definition) is 2. The molecule has 4 nitrogen and oxygen atoms in total. The molecule has 0 radical (unpaired) electrons. The molecule has 174 valence electrons. The number of aryl methyl sites for hydroxylation is 1. The first kappa shape index (κ1) is 23.5. The van der Waals surface area contributed by atoms with E-state index in [9.17, 15) is 18.0 Å². The predicted molar refractivity (Wildman–Crippen MR) is 126 cm³/mol. The maximum absolute atomic E-state index is 13.3. The average Bonchev–Trinajstić information content (AvgIpc) is 3.19. The number of halogens is 3. The Morgan fingerprint density at radius 3 is 1.91 bits per heavy atom. The lowest BCUT2D eigenvalue weighted by Gasteiger charge is -2.20. The Bertz CT molecular complexity index is 1270. The van der Waals surface area contributed by atoms with Crippen molar-refractivity contribution < 1.29 is 18.0 Å². The summed E-state index contributed by atoms with van der Waals surface area (Å²) >= 11 is 1.30. The summed E-state index contributed by atoms with van der Waals surface area (Å²) < 4.78 is 40.5. The molecule has 2 amide bonds. The van der Waals surface area contributed by atoms with Crippen LogP contribution in [0.1, 0.15) is 21.6 Å². The van der Waals surface area contributed by atoms with Gasteiger partial charge in [-0.2, -0.15) is 18.2 Å². The van der Waals surface area contributed by atoms with Crippen molar-refractivity contribution in [3.63, 3.8) is 0 Å². The zero-order chi connectivity index (χ0) is 24.1. The molecule has 4 aromatic rings. The van der Waals surface area contributed by atoms with Crippen LogP contribution < -0.4 is 4.80 Å². The summed E-state index contributed by atoms with van der Waals surface area (Å²) in [6, 6.07) is 23.7. The number of alkyl halides is 3. The molecule has 0 N–H and O–H groups in total. The number of carbonyl (C=O) groups excluding carboxylic acids is 1. The molecule has 0 aliphatic rings. The molecular formula is C26H22F3N3OS. The van der Waals surface area contributed by atoms with E-state index in [1.54, 1.807) is 15.7 Å². The molecular weight excluding hydrogens is 459 g/mol. The number of amides is 2. The fourth-order valence-corrected chi connectivity index (χ4v) is 4.31. The van der Waals surface area contributed by atoms with E-state index < -0.39 is 17.8 Å². The zero-order valence-corrected chi connectivity index (χ0v) is 19.2. The van der Waals surface area contributed by atoms with Crippen LogP contribution in [0.25, 0.3) is 5.69 Å². The van der Waals surface area contributed by atoms with Crippen LogP contribution in [-0.4, -0.2) is 15.5 Å². The summed E-state index contributed by atoms with van der Waals surface area (Å²) in [5.41, 5.74) is 1.72. The molecule has 1 aromatic heterocycles. The van der Waals surface area contributed by atoms with Crippen LogP contribution >= 0.6 is 11.3 Å². The predicted octanol–water partition coefficient (Wildman–Crippen LogP) is 6.59. The molecule has 0 saturated carbocycles. The minimum Gasteiger partial charge on any atom is -0.314 e. The van der Waals surface area contributed by atoms with Crippen LogP contribution in [-0.2, 0) is 19.3 Å². The van der Waals surface area contributed by atoms with Crippen LogP contribution in [0.5, 0.6) is 0 Å². The monoisotopic (exact) mass is 481 g/mol. The molecule has 0 aliphatic carbocycles. The normalized spacial score (nSPS) is 12.1. The molecule has 0 fully saturated rings. The van der Waals surface area contributed by atoms with Gasteiger partial charge in [-0.05, 0) is 42.3 Å². The van der Waals surface area contributed by atoms with E-state index >= 15 is 0 Å². The van der Waals surface area contributed by atoms with Crippen LogP contribution in [0.15, 0.2) is 96.1 Å². The lowest BCUT2D eigenvalue weighted by Crippen LogP contribution is -2.29. The molecule has 0 aliphatic heterocycles. The van der Waals surface area contributed by atoms with E-state index in [1.165, 1.54) is 23.5 Å². The number of rotatable bonds is 5. The summed E-state index contributed by atoms with van der Waals surface area (Å²) in [4.78, 5) is 20.6. The number of nitrogens with zero attached hydrogens (tertiary/aromatic N) is 3. The van der Waals surface area contributed by atoms with E-state index in [1.807, 2.05) is 67.6 Å². The topological polar surface area (TPSA) is 37.6 Å². The molecule has 0 spiro atoms. The fourth-order valence-electron chi connectivity index (χ4n) is 3.48. The second-order valence-corrected chi connectivity index (χ2v) is 8.97. The lowest BCUT2D eigenvalue weighted by atomic mass is 10.2. The smallest absolute Gasteiger partial charge is 0.314 e. The number of benzene rings is 3. The highest BCUT2D eigenvalue weighted by atomic mass is 32.1. The van der Waals surface area contributed by atoms with Gasteiger partial charge in [0.15, 0.2) is 4.80 Å². The minimum absolute atomic E-state index is 0.378. The quantitative estimate of drug-likeness (QED) is 0.317. The Morgan fingerprint density at radius 2 is 1.41 bits per heavy atom. The molecule has 0 bridgehead atoms. The Hall–Kier alpha value is -3.65. The second-order valence-electron chi connectivity index (χ2n) is 7.76. The third-order valence-electron chi connectivity index (χ3n) is 5.14. The molecule has 0 unspecified atom stereocenters. The van der Waals surface area contributed by atoms with Crippen LogP contribution in [0.2, 0.25) is 0 Å². The molecule has 0 saturated heterocycles. The Kier molecular flexibility index (Phi) is 6.98. The van der Waals surface area contributed by atoms with E-state index in [4.69, 9.17) is 0 Å². The third-order valence-corrected chi connectivity index (χ3v) is 6.03. The first-order valence-corrected chi connectivity index (χ1v) is 11.4. The number of aromatic nitrogens is 1. The molecule has 0 atom stereocenters. The molecule has 4 rings (SSSR count). The van der Waals surface area contributed by atoms with Crippen molar-refractivity contribution in [1.29, 1.82) is 0 Å². The first-order valence-electron chi connectivity index (χ1n) is 10.6. The van der Waals surface area contributed by atoms with Gasteiger partial charge in [-0.25, -0.2) is 4.79 Å². The van der Waals surface area contributed by atoms with Gasteiger partial charge < -0.3 is 4.90 Å². The van der Waals surface area contributed by atoms with E-state index in [2.05, 4.69) is 4.99 Å². The van der Waals surface area contributed by atoms with Crippen molar-refractivity contribution in [2.75, 3.05) is 0 Å². The highest BCUT2D eigenvalue weighted by Gasteiger charge is 2.30. The number of hydrogen-bond donors (Lipinski definition) is 0. The van der Waals surface area contributed by atoms with Gasteiger partial charge in [0.1, 0.15) is 0 Å². The maximum atomic E-state index is 13.3. The highest BCUT2D eigenvalue weighted by molar-refractivity contribution is 7.09. The van der Waals surface area contributed by atoms with Gasteiger partial charge in [-0.15, -0.1) is 11.3 Å². The van der Waals surface area contributed by atoms with Crippen molar-refractivity contribution in [2.45, 2.75) is 26.2 Å². The first-order chi connectivity index (χ1) is 16.3. The largest absolute Gasteiger partial charge is 0.416 e. The van der Waals surface area contributed by atoms with Crippen molar-refractivity contribution in [2.24, 2.45) is 4.99 Å². The number of carbonyl (C=O) groups is 1. The van der Waals surface area contributed by atoms with Gasteiger partial charge in [-0.1, -0.05) is 60.7 Å². The molecule has 8 heteroatoms. The summed E-state index contributed by atoms with van der Waals surface area (Å²) in [6.07, 6.45) is -2.65. The molecule has 3 aromatic carbocycles. The zero-order valence-electron chi connectivity index (χ0n) is 18.4. The Balaban J connectivity index is 1.67. The second kappa shape index (κ2) is 10.1. The van der Waals surface area contributed by atoms with E-state index in [0.717, 1.165) is 28.1 Å². The molecule has 1 heterocycles. The van der Waals surface area contributed by atoms with Crippen molar-refractivity contribution in [3.8, 4) is 5.69 Å². The summed E-state index contributed by atoms with van der Waals surface area (Å²) in [5.74, 6) is 0. The van der Waals surface area contributed by atoms with E-state index in [-0.39, 0.29) is 0 Å². The van der Waals surface area contributed by atoms with Crippen LogP contribution in [0, 0.1) is 6.92 Å². The Morgan fingerprint density at radius 1 is 0.882 bits per heavy atom. The van der Waals surface area contributed by atoms with Gasteiger partial charge in [0.05, 0.1) is 5.56 Å². The third kappa shape index (κ3) is 5.82. The summed E-state index contributed by atoms with van der Waals surface area (Å²) in [6.45, 7) is 2.62. The van der Waals surface area contributed by atoms with Crippen LogP contribution in [0.3, 0.4) is 0 Å². The number of urea groups is 1. The summed E-state index contributed by atoms with van der Waals surface area (Å²) in [7, 11) is 0. The SMILES string of the molecule is Cc1cn(-c2ccc(C(F)(F)F)cc2)c(=NC(=O)N(Cc2ccccc2)Cc2ccccc2)s1. The number of thiazole rings is 1. The van der Waals surface area contributed by atoms with Crippen molar-refractivity contribution >= 4 is 17.4 Å². The lowest BCUT2D eigenvalue weighted by molar-refractivity contribution is -0.137. The van der Waals surface area contributed by atoms with Gasteiger partial charge in [0.2, 0.25) is 0 Å². The average molecular weight is 482 g/mol. The Labute approximate surface area is 199 Å². The van der Waals surface area contributed by atoms with Gasteiger partial charge >= 0.3 is 12.2 Å². The maximum Gasteiger partial charge on any atom is 0.416 e. The van der Waals surface area contributed by atoms with E-state index in [0.29, 0.717) is 23.6 Å². The minimum atomic E-state index is -4.41. The summed E-state index contributed by atoms with van der Waals surface area (Å²) in [5, 5.41) is 0. The van der Waals surface area contributed by atoms with Crippen molar-refractivity contribution in [1.82, 2.24) is 9.47 Å². The van der Waals surface area contributed by atoms with Gasteiger partial charge in [0, 0.05) is 29.9 Å². The van der Waals surface area contributed by atoms with Crippen molar-refractivity contribution in [3.05, 3.63) is 117 Å².